The van der Waals surface area contributed by atoms with Crippen LogP contribution in [0.15, 0.2) is 41.3 Å². The van der Waals surface area contributed by atoms with Crippen molar-refractivity contribution < 1.29 is 4.79 Å². The number of benzene rings is 2. The fourth-order valence-corrected chi connectivity index (χ4v) is 5.43. The summed E-state index contributed by atoms with van der Waals surface area (Å²) >= 11 is 3.54. The molecule has 0 unspecified atom stereocenters. The summed E-state index contributed by atoms with van der Waals surface area (Å²) in [6, 6.07) is 12.3. The van der Waals surface area contributed by atoms with Crippen molar-refractivity contribution in [2.75, 3.05) is 36.8 Å². The second-order valence-corrected chi connectivity index (χ2v) is 9.43. The van der Waals surface area contributed by atoms with Crippen LogP contribution in [0.5, 0.6) is 0 Å². The summed E-state index contributed by atoms with van der Waals surface area (Å²) in [6.45, 7) is 9.51. The Morgan fingerprint density at radius 2 is 1.86 bits per heavy atom. The molecule has 28 heavy (non-hydrogen) atoms. The lowest BCUT2D eigenvalue weighted by Gasteiger charge is -2.34. The number of thioether (sulfide) groups is 1. The lowest BCUT2D eigenvalue weighted by atomic mass is 10.1. The van der Waals surface area contributed by atoms with E-state index in [1.165, 1.54) is 15.8 Å². The highest BCUT2D eigenvalue weighted by Gasteiger charge is 2.24. The Morgan fingerprint density at radius 3 is 2.57 bits per heavy atom. The Labute approximate surface area is 174 Å². The van der Waals surface area contributed by atoms with E-state index < -0.39 is 0 Å². The summed E-state index contributed by atoms with van der Waals surface area (Å²) < 4.78 is 1.28. The smallest absolute Gasteiger partial charge is 0.254 e. The van der Waals surface area contributed by atoms with Gasteiger partial charge >= 0.3 is 0 Å². The summed E-state index contributed by atoms with van der Waals surface area (Å²) in [4.78, 5) is 23.3. The molecule has 4 nitrogen and oxygen atoms in total. The standard InChI is InChI=1S/C22H25N3OS2/c1-4-27-18-7-5-6-17(14-18)21(26)24-10-12-25(13-11-24)22-23-19-15(2)8-9-16(3)20(19)28-22/h5-9,14H,4,10-13H2,1-3H3. The monoisotopic (exact) mass is 411 g/mol. The molecule has 2 aromatic carbocycles. The molecule has 1 aliphatic heterocycles. The minimum Gasteiger partial charge on any atom is -0.345 e. The molecule has 0 N–H and O–H groups in total. The van der Waals surface area contributed by atoms with Gasteiger partial charge in [-0.25, -0.2) is 4.98 Å². The molecular formula is C22H25N3OS2. The van der Waals surface area contributed by atoms with Crippen LogP contribution in [0.2, 0.25) is 0 Å². The average molecular weight is 412 g/mol. The zero-order chi connectivity index (χ0) is 19.7. The molecule has 1 amide bonds. The number of aromatic nitrogens is 1. The maximum atomic E-state index is 12.9. The van der Waals surface area contributed by atoms with Gasteiger partial charge in [0.1, 0.15) is 0 Å². The van der Waals surface area contributed by atoms with Gasteiger partial charge in [0.25, 0.3) is 5.91 Å². The maximum Gasteiger partial charge on any atom is 0.254 e. The van der Waals surface area contributed by atoms with Crippen molar-refractivity contribution >= 4 is 44.4 Å². The molecule has 0 radical (unpaired) electrons. The predicted molar refractivity (Wildman–Crippen MR) is 120 cm³/mol. The minimum atomic E-state index is 0.134. The second-order valence-electron chi connectivity index (χ2n) is 7.11. The van der Waals surface area contributed by atoms with Crippen LogP contribution in [0.25, 0.3) is 10.2 Å². The number of fused-ring (bicyclic) bond motifs is 1. The molecule has 0 atom stereocenters. The van der Waals surface area contributed by atoms with Crippen molar-refractivity contribution in [1.82, 2.24) is 9.88 Å². The Morgan fingerprint density at radius 1 is 1.11 bits per heavy atom. The molecule has 6 heteroatoms. The predicted octanol–water partition coefficient (Wildman–Crippen LogP) is 4.99. The van der Waals surface area contributed by atoms with Gasteiger partial charge in [-0.05, 0) is 48.9 Å². The molecule has 2 heterocycles. The summed E-state index contributed by atoms with van der Waals surface area (Å²) in [7, 11) is 0. The van der Waals surface area contributed by atoms with Gasteiger partial charge in [-0.2, -0.15) is 0 Å². The van der Waals surface area contributed by atoms with E-state index >= 15 is 0 Å². The highest BCUT2D eigenvalue weighted by Crippen LogP contribution is 2.33. The molecule has 146 valence electrons. The topological polar surface area (TPSA) is 36.4 Å². The third-order valence-corrected chi connectivity index (χ3v) is 7.29. The molecule has 1 fully saturated rings. The van der Waals surface area contributed by atoms with E-state index in [0.29, 0.717) is 0 Å². The third-order valence-electron chi connectivity index (χ3n) is 5.16. The normalized spacial score (nSPS) is 14.7. The lowest BCUT2D eigenvalue weighted by molar-refractivity contribution is 0.0746. The lowest BCUT2D eigenvalue weighted by Crippen LogP contribution is -2.48. The van der Waals surface area contributed by atoms with E-state index in [1.54, 1.807) is 23.1 Å². The van der Waals surface area contributed by atoms with Crippen molar-refractivity contribution in [2.45, 2.75) is 25.7 Å². The molecule has 1 aromatic heterocycles. The Kier molecular flexibility index (Phi) is 5.60. The van der Waals surface area contributed by atoms with E-state index in [9.17, 15) is 4.79 Å². The van der Waals surface area contributed by atoms with Crippen molar-refractivity contribution in [2.24, 2.45) is 0 Å². The minimum absolute atomic E-state index is 0.134. The van der Waals surface area contributed by atoms with Crippen LogP contribution in [0.3, 0.4) is 0 Å². The van der Waals surface area contributed by atoms with Gasteiger partial charge < -0.3 is 9.80 Å². The second kappa shape index (κ2) is 8.13. The average Bonchev–Trinajstić information content (AvgIpc) is 3.18. The summed E-state index contributed by atoms with van der Waals surface area (Å²) in [5.41, 5.74) is 4.41. The van der Waals surface area contributed by atoms with Gasteiger partial charge in [0.2, 0.25) is 0 Å². The quantitative estimate of drug-likeness (QED) is 0.567. The third kappa shape index (κ3) is 3.76. The highest BCUT2D eigenvalue weighted by atomic mass is 32.2. The first-order valence-electron chi connectivity index (χ1n) is 9.70. The first kappa shape index (κ1) is 19.3. The zero-order valence-electron chi connectivity index (χ0n) is 16.6. The van der Waals surface area contributed by atoms with E-state index in [2.05, 4.69) is 43.9 Å². The Balaban J connectivity index is 1.46. The van der Waals surface area contributed by atoms with Crippen LogP contribution >= 0.6 is 23.1 Å². The van der Waals surface area contributed by atoms with Crippen LogP contribution < -0.4 is 4.90 Å². The van der Waals surface area contributed by atoms with Gasteiger partial charge in [0, 0.05) is 36.6 Å². The maximum absolute atomic E-state index is 12.9. The fraction of sp³-hybridized carbons (Fsp3) is 0.364. The molecule has 0 bridgehead atoms. The number of hydrogen-bond donors (Lipinski definition) is 0. The van der Waals surface area contributed by atoms with E-state index in [4.69, 9.17) is 4.98 Å². The largest absolute Gasteiger partial charge is 0.345 e. The zero-order valence-corrected chi connectivity index (χ0v) is 18.2. The number of nitrogens with zero attached hydrogens (tertiary/aromatic N) is 3. The molecule has 0 aliphatic carbocycles. The first-order valence-corrected chi connectivity index (χ1v) is 11.5. The number of thiazole rings is 1. The molecule has 0 saturated carbocycles. The first-order chi connectivity index (χ1) is 13.6. The number of rotatable bonds is 4. The van der Waals surface area contributed by atoms with Gasteiger partial charge in [0.15, 0.2) is 5.13 Å². The summed E-state index contributed by atoms with van der Waals surface area (Å²) in [5.74, 6) is 1.14. The van der Waals surface area contributed by atoms with Gasteiger partial charge in [-0.1, -0.05) is 36.5 Å². The molecule has 4 rings (SSSR count). The number of anilines is 1. The van der Waals surface area contributed by atoms with Crippen LogP contribution in [0, 0.1) is 13.8 Å². The van der Waals surface area contributed by atoms with Crippen LogP contribution in [0.1, 0.15) is 28.4 Å². The fourth-order valence-electron chi connectivity index (χ4n) is 3.55. The van der Waals surface area contributed by atoms with E-state index in [0.717, 1.165) is 53.0 Å². The number of piperazine rings is 1. The molecule has 0 spiro atoms. The van der Waals surface area contributed by atoms with Crippen LogP contribution in [-0.2, 0) is 0 Å². The number of carbonyl (C=O) groups is 1. The van der Waals surface area contributed by atoms with Crippen molar-refractivity contribution in [3.8, 4) is 0 Å². The Hall–Kier alpha value is -2.05. The van der Waals surface area contributed by atoms with Crippen molar-refractivity contribution in [1.29, 1.82) is 0 Å². The number of amides is 1. The molecular weight excluding hydrogens is 386 g/mol. The Bertz CT molecular complexity index is 967. The van der Waals surface area contributed by atoms with E-state index in [1.807, 2.05) is 23.1 Å². The van der Waals surface area contributed by atoms with Gasteiger partial charge in [-0.15, -0.1) is 11.8 Å². The van der Waals surface area contributed by atoms with Crippen molar-refractivity contribution in [3.05, 3.63) is 53.1 Å². The number of aryl methyl sites for hydroxylation is 2. The highest BCUT2D eigenvalue weighted by molar-refractivity contribution is 7.99. The SMILES string of the molecule is CCSc1cccc(C(=O)N2CCN(c3nc4c(C)ccc(C)c4s3)CC2)c1. The summed E-state index contributed by atoms with van der Waals surface area (Å²) in [5, 5.41) is 1.07. The van der Waals surface area contributed by atoms with Gasteiger partial charge in [0.05, 0.1) is 10.2 Å². The van der Waals surface area contributed by atoms with Crippen LogP contribution in [0.4, 0.5) is 5.13 Å². The van der Waals surface area contributed by atoms with Gasteiger partial charge in [-0.3, -0.25) is 4.79 Å². The summed E-state index contributed by atoms with van der Waals surface area (Å²) in [6.07, 6.45) is 0. The molecule has 1 aliphatic rings. The molecule has 1 saturated heterocycles. The molecule has 3 aromatic rings. The van der Waals surface area contributed by atoms with Crippen LogP contribution in [-0.4, -0.2) is 47.7 Å². The number of carbonyl (C=O) groups excluding carboxylic acids is 1. The van der Waals surface area contributed by atoms with E-state index in [-0.39, 0.29) is 5.91 Å². The van der Waals surface area contributed by atoms with Crippen molar-refractivity contribution in [3.63, 3.8) is 0 Å². The number of hydrogen-bond acceptors (Lipinski definition) is 5.